The van der Waals surface area contributed by atoms with Gasteiger partial charge in [0.2, 0.25) is 0 Å². The second-order valence-corrected chi connectivity index (χ2v) is 7.91. The molecule has 4 aromatic rings. The highest BCUT2D eigenvalue weighted by Crippen LogP contribution is 2.28. The van der Waals surface area contributed by atoms with Crippen LogP contribution >= 0.6 is 11.8 Å². The lowest BCUT2D eigenvalue weighted by Gasteiger charge is -2.10. The zero-order chi connectivity index (χ0) is 21.6. The molecule has 0 radical (unpaired) electrons. The molecule has 4 rings (SSSR count). The molecule has 0 spiro atoms. The highest BCUT2D eigenvalue weighted by atomic mass is 32.2. The van der Waals surface area contributed by atoms with Crippen LogP contribution in [0, 0.1) is 6.92 Å². The van der Waals surface area contributed by atoms with Crippen molar-refractivity contribution in [3.63, 3.8) is 0 Å². The predicted molar refractivity (Wildman–Crippen MR) is 123 cm³/mol. The number of amides is 1. The Labute approximate surface area is 184 Å². The van der Waals surface area contributed by atoms with Gasteiger partial charge in [-0.05, 0) is 31.2 Å². The number of thioether (sulfide) groups is 1. The van der Waals surface area contributed by atoms with Crippen molar-refractivity contribution in [2.24, 2.45) is 12.1 Å². The van der Waals surface area contributed by atoms with E-state index in [1.165, 1.54) is 17.3 Å². The molecule has 0 fully saturated rings. The molecule has 2 aromatic heterocycles. The minimum Gasteiger partial charge on any atom is -0.350 e. The monoisotopic (exact) mass is 430 g/mol. The first-order valence-corrected chi connectivity index (χ1v) is 10.7. The van der Waals surface area contributed by atoms with E-state index in [0.717, 1.165) is 22.8 Å². The number of hydrogen-bond acceptors (Lipinski definition) is 5. The lowest BCUT2D eigenvalue weighted by molar-refractivity contribution is -0.118. The zero-order valence-electron chi connectivity index (χ0n) is 17.3. The standard InChI is InChI=1S/C23H22N6OS/c1-17-10-12-18(13-11-17)22-26-27-23(29(22)19-7-4-3-5-8-19)31-16-21(30)25-24-15-20-9-6-14-28(20)2/h3-15H,16H2,1-2H3,(H,25,30)/b24-15+. The van der Waals surface area contributed by atoms with Crippen LogP contribution in [0.15, 0.2) is 83.2 Å². The number of carbonyl (C=O) groups excluding carboxylic acids is 1. The second-order valence-electron chi connectivity index (χ2n) is 6.97. The summed E-state index contributed by atoms with van der Waals surface area (Å²) in [6.45, 7) is 2.05. The number of aromatic nitrogens is 4. The molecule has 0 aliphatic rings. The maximum absolute atomic E-state index is 12.3. The van der Waals surface area contributed by atoms with Gasteiger partial charge >= 0.3 is 0 Å². The van der Waals surface area contributed by atoms with Crippen molar-refractivity contribution in [3.8, 4) is 17.1 Å². The fraction of sp³-hybridized carbons (Fsp3) is 0.130. The van der Waals surface area contributed by atoms with Gasteiger partial charge < -0.3 is 4.57 Å². The summed E-state index contributed by atoms with van der Waals surface area (Å²) < 4.78 is 3.88. The third-order valence-corrected chi connectivity index (χ3v) is 5.59. The van der Waals surface area contributed by atoms with E-state index in [2.05, 4.69) is 20.7 Å². The van der Waals surface area contributed by atoms with Gasteiger partial charge in [-0.1, -0.05) is 59.8 Å². The van der Waals surface area contributed by atoms with Crippen molar-refractivity contribution in [2.45, 2.75) is 12.1 Å². The van der Waals surface area contributed by atoms with Gasteiger partial charge in [-0.15, -0.1) is 10.2 Å². The van der Waals surface area contributed by atoms with Crippen LogP contribution in [-0.2, 0) is 11.8 Å². The normalized spacial score (nSPS) is 11.2. The molecule has 7 nitrogen and oxygen atoms in total. The highest BCUT2D eigenvalue weighted by Gasteiger charge is 2.17. The van der Waals surface area contributed by atoms with Crippen LogP contribution in [0.25, 0.3) is 17.1 Å². The van der Waals surface area contributed by atoms with E-state index >= 15 is 0 Å². The largest absolute Gasteiger partial charge is 0.350 e. The minimum atomic E-state index is -0.213. The highest BCUT2D eigenvalue weighted by molar-refractivity contribution is 7.99. The number of aryl methyl sites for hydroxylation is 2. The van der Waals surface area contributed by atoms with E-state index in [4.69, 9.17) is 0 Å². The molecule has 2 heterocycles. The van der Waals surface area contributed by atoms with Crippen LogP contribution in [0.3, 0.4) is 0 Å². The van der Waals surface area contributed by atoms with Crippen LogP contribution in [-0.4, -0.2) is 37.2 Å². The SMILES string of the molecule is Cc1ccc(-c2nnc(SCC(=O)N/N=C/c3cccn3C)n2-c2ccccc2)cc1. The summed E-state index contributed by atoms with van der Waals surface area (Å²) in [7, 11) is 1.92. The molecule has 2 aromatic carbocycles. The third kappa shape index (κ3) is 4.92. The molecular formula is C23H22N6OS. The molecule has 1 amide bonds. The topological polar surface area (TPSA) is 77.1 Å². The second kappa shape index (κ2) is 9.44. The summed E-state index contributed by atoms with van der Waals surface area (Å²) in [6.07, 6.45) is 3.53. The van der Waals surface area contributed by atoms with Crippen LogP contribution in [0.5, 0.6) is 0 Å². The van der Waals surface area contributed by atoms with Crippen molar-refractivity contribution >= 4 is 23.9 Å². The lowest BCUT2D eigenvalue weighted by Crippen LogP contribution is -2.20. The molecule has 8 heteroatoms. The Morgan fingerprint density at radius 1 is 1.06 bits per heavy atom. The molecule has 1 N–H and O–H groups in total. The molecule has 31 heavy (non-hydrogen) atoms. The Morgan fingerprint density at radius 3 is 2.55 bits per heavy atom. The number of hydrogen-bond donors (Lipinski definition) is 1. The molecular weight excluding hydrogens is 408 g/mol. The van der Waals surface area contributed by atoms with Crippen molar-refractivity contribution in [2.75, 3.05) is 5.75 Å². The Bertz CT molecular complexity index is 1190. The van der Waals surface area contributed by atoms with E-state index in [1.807, 2.05) is 96.0 Å². The first kappa shape index (κ1) is 20.6. The summed E-state index contributed by atoms with van der Waals surface area (Å²) >= 11 is 1.32. The van der Waals surface area contributed by atoms with Gasteiger partial charge in [-0.3, -0.25) is 9.36 Å². The Morgan fingerprint density at radius 2 is 1.84 bits per heavy atom. The molecule has 0 saturated heterocycles. The fourth-order valence-electron chi connectivity index (χ4n) is 3.00. The average molecular weight is 431 g/mol. The number of rotatable bonds is 7. The molecule has 0 unspecified atom stereocenters. The maximum atomic E-state index is 12.3. The van der Waals surface area contributed by atoms with Gasteiger partial charge in [0.25, 0.3) is 5.91 Å². The van der Waals surface area contributed by atoms with Gasteiger partial charge in [0.1, 0.15) is 0 Å². The van der Waals surface area contributed by atoms with E-state index in [0.29, 0.717) is 5.16 Å². The van der Waals surface area contributed by atoms with Crippen molar-refractivity contribution < 1.29 is 4.79 Å². The first-order chi connectivity index (χ1) is 15.1. The number of para-hydroxylation sites is 1. The summed E-state index contributed by atoms with van der Waals surface area (Å²) in [4.78, 5) is 12.3. The van der Waals surface area contributed by atoms with Crippen LogP contribution < -0.4 is 5.43 Å². The number of nitrogens with zero attached hydrogens (tertiary/aromatic N) is 5. The van der Waals surface area contributed by atoms with Gasteiger partial charge in [-0.2, -0.15) is 5.10 Å². The summed E-state index contributed by atoms with van der Waals surface area (Å²) in [6, 6.07) is 21.9. The Hall–Kier alpha value is -3.65. The first-order valence-electron chi connectivity index (χ1n) is 9.76. The minimum absolute atomic E-state index is 0.170. The number of hydrazone groups is 1. The van der Waals surface area contributed by atoms with Crippen LogP contribution in [0.1, 0.15) is 11.3 Å². The molecule has 156 valence electrons. The smallest absolute Gasteiger partial charge is 0.250 e. The van der Waals surface area contributed by atoms with Crippen molar-refractivity contribution in [1.29, 1.82) is 0 Å². The summed E-state index contributed by atoms with van der Waals surface area (Å²) in [5.41, 5.74) is 6.54. The Balaban J connectivity index is 1.51. The molecule has 0 aliphatic heterocycles. The zero-order valence-corrected chi connectivity index (χ0v) is 18.1. The van der Waals surface area contributed by atoms with Gasteiger partial charge in [0.05, 0.1) is 17.7 Å². The average Bonchev–Trinajstić information content (AvgIpc) is 3.39. The summed E-state index contributed by atoms with van der Waals surface area (Å²) in [5.74, 6) is 0.689. The van der Waals surface area contributed by atoms with Crippen LogP contribution in [0.4, 0.5) is 0 Å². The molecule has 0 bridgehead atoms. The van der Waals surface area contributed by atoms with Crippen molar-refractivity contribution in [3.05, 3.63) is 84.2 Å². The Kier molecular flexibility index (Phi) is 6.28. The van der Waals surface area contributed by atoms with E-state index < -0.39 is 0 Å². The number of benzene rings is 2. The maximum Gasteiger partial charge on any atom is 0.250 e. The summed E-state index contributed by atoms with van der Waals surface area (Å²) in [5, 5.41) is 13.4. The van der Waals surface area contributed by atoms with Gasteiger partial charge in [-0.25, -0.2) is 5.43 Å². The number of carbonyl (C=O) groups is 1. The lowest BCUT2D eigenvalue weighted by atomic mass is 10.1. The third-order valence-electron chi connectivity index (χ3n) is 4.66. The van der Waals surface area contributed by atoms with E-state index in [9.17, 15) is 4.79 Å². The molecule has 0 aliphatic carbocycles. The van der Waals surface area contributed by atoms with Crippen LogP contribution in [0.2, 0.25) is 0 Å². The van der Waals surface area contributed by atoms with Gasteiger partial charge in [0, 0.05) is 24.5 Å². The van der Waals surface area contributed by atoms with Gasteiger partial charge in [0.15, 0.2) is 11.0 Å². The van der Waals surface area contributed by atoms with Crippen molar-refractivity contribution in [1.82, 2.24) is 24.8 Å². The number of nitrogens with one attached hydrogen (secondary N) is 1. The molecule has 0 saturated carbocycles. The van der Waals surface area contributed by atoms with E-state index in [1.54, 1.807) is 6.21 Å². The predicted octanol–water partition coefficient (Wildman–Crippen LogP) is 3.82. The quantitative estimate of drug-likeness (QED) is 0.275. The molecule has 0 atom stereocenters. The van der Waals surface area contributed by atoms with E-state index in [-0.39, 0.29) is 11.7 Å². The fourth-order valence-corrected chi connectivity index (χ4v) is 3.75.